The second-order valence-electron chi connectivity index (χ2n) is 7.03. The summed E-state index contributed by atoms with van der Waals surface area (Å²) in [5.74, 6) is 0. The largest absolute Gasteiger partial charge is 0.490 e. The monoisotopic (exact) mass is 494 g/mol. The topological polar surface area (TPSA) is 224 Å². The molecule has 15 nitrogen and oxygen atoms in total. The summed E-state index contributed by atoms with van der Waals surface area (Å²) in [7, 11) is -16.4. The van der Waals surface area contributed by atoms with Crippen molar-refractivity contribution in [2.45, 2.75) is 44.9 Å². The van der Waals surface area contributed by atoms with Gasteiger partial charge < -0.3 is 24.3 Å². The van der Waals surface area contributed by atoms with E-state index in [0.717, 1.165) is 4.57 Å². The number of aromatic nitrogens is 2. The summed E-state index contributed by atoms with van der Waals surface area (Å²) in [5.41, 5.74) is -3.57. The van der Waals surface area contributed by atoms with Gasteiger partial charge in [0.05, 0.1) is 12.2 Å². The van der Waals surface area contributed by atoms with Crippen LogP contribution in [0.5, 0.6) is 0 Å². The Balaban J connectivity index is 2.12. The number of aromatic amines is 1. The predicted molar refractivity (Wildman–Crippen MR) is 98.2 cm³/mol. The summed E-state index contributed by atoms with van der Waals surface area (Å²) in [6, 6.07) is 0. The second-order valence-corrected chi connectivity index (χ2v) is 11.5. The molecule has 0 bridgehead atoms. The fraction of sp³-hybridized carbons (Fsp3) is 0.667. The van der Waals surface area contributed by atoms with Crippen LogP contribution in [0.4, 0.5) is 0 Å². The van der Waals surface area contributed by atoms with E-state index in [0.29, 0.717) is 0 Å². The lowest BCUT2D eigenvalue weighted by Crippen LogP contribution is -2.44. The van der Waals surface area contributed by atoms with Crippen LogP contribution in [0.3, 0.4) is 0 Å². The Morgan fingerprint density at radius 1 is 1.10 bits per heavy atom. The number of nitrogens with zero attached hydrogens (tertiary/aromatic N) is 1. The van der Waals surface area contributed by atoms with Gasteiger partial charge in [-0.2, -0.15) is 8.62 Å². The van der Waals surface area contributed by atoms with Crippen LogP contribution in [0.15, 0.2) is 15.8 Å². The number of phosphoric ester groups is 1. The van der Waals surface area contributed by atoms with Gasteiger partial charge in [0.15, 0.2) is 0 Å². The Morgan fingerprint density at radius 2 is 1.70 bits per heavy atom. The highest BCUT2D eigenvalue weighted by Crippen LogP contribution is 2.66. The number of nitrogens with one attached hydrogen (secondary N) is 1. The van der Waals surface area contributed by atoms with Crippen LogP contribution in [0, 0.1) is 6.92 Å². The van der Waals surface area contributed by atoms with Crippen molar-refractivity contribution in [2.75, 3.05) is 6.61 Å². The highest BCUT2D eigenvalue weighted by Gasteiger charge is 2.48. The SMILES string of the molecule is Cc1cn([C@@]2(C)CC[C@@](C)(COP(=O)(O)OP(=O)(O)OP(=O)(O)O)O2)c(=O)[nH]c1=O. The number of ether oxygens (including phenoxy) is 1. The molecule has 172 valence electrons. The fourth-order valence-electron chi connectivity index (χ4n) is 2.84. The zero-order valence-electron chi connectivity index (χ0n) is 16.0. The molecule has 5 N–H and O–H groups in total. The standard InChI is InChI=1S/C12H21N2O13P3/c1-8-6-14(10(16)13-9(8)15)12(3)5-4-11(2,25-12)7-24-29(20,21)27-30(22,23)26-28(17,18)19/h6H,4-5,7H2,1-3H3,(H,20,21)(H,22,23)(H,13,15,16)(H2,17,18,19)/t11-,12+/m0/s1. The Morgan fingerprint density at radius 3 is 2.27 bits per heavy atom. The molecule has 1 fully saturated rings. The van der Waals surface area contributed by atoms with E-state index in [1.54, 1.807) is 6.92 Å². The number of rotatable bonds is 8. The van der Waals surface area contributed by atoms with E-state index in [-0.39, 0.29) is 18.4 Å². The van der Waals surface area contributed by atoms with Crippen molar-refractivity contribution in [3.8, 4) is 0 Å². The predicted octanol–water partition coefficient (Wildman–Crippen LogP) is 0.430. The van der Waals surface area contributed by atoms with Crippen LogP contribution in [0.2, 0.25) is 0 Å². The van der Waals surface area contributed by atoms with Crippen molar-refractivity contribution >= 4 is 23.5 Å². The van der Waals surface area contributed by atoms with Gasteiger partial charge in [0.1, 0.15) is 5.72 Å². The van der Waals surface area contributed by atoms with Gasteiger partial charge in [-0.3, -0.25) is 18.9 Å². The van der Waals surface area contributed by atoms with Gasteiger partial charge in [-0.1, -0.05) is 0 Å². The molecule has 1 saturated heterocycles. The van der Waals surface area contributed by atoms with Crippen LogP contribution in [-0.2, 0) is 37.3 Å². The van der Waals surface area contributed by atoms with Gasteiger partial charge in [-0.25, -0.2) is 18.5 Å². The number of aryl methyl sites for hydroxylation is 1. The highest BCUT2D eigenvalue weighted by molar-refractivity contribution is 7.66. The van der Waals surface area contributed by atoms with Crippen LogP contribution in [-0.4, -0.2) is 41.3 Å². The van der Waals surface area contributed by atoms with E-state index >= 15 is 0 Å². The van der Waals surface area contributed by atoms with Gasteiger partial charge in [-0.15, -0.1) is 0 Å². The highest BCUT2D eigenvalue weighted by atomic mass is 31.3. The molecule has 1 aromatic heterocycles. The van der Waals surface area contributed by atoms with Crippen molar-refractivity contribution in [2.24, 2.45) is 0 Å². The molecule has 18 heteroatoms. The van der Waals surface area contributed by atoms with Crippen molar-refractivity contribution in [3.63, 3.8) is 0 Å². The first-order valence-corrected chi connectivity index (χ1v) is 12.7. The van der Waals surface area contributed by atoms with E-state index in [4.69, 9.17) is 19.4 Å². The Bertz CT molecular complexity index is 1080. The molecule has 2 rings (SSSR count). The lowest BCUT2D eigenvalue weighted by atomic mass is 10.0. The van der Waals surface area contributed by atoms with E-state index < -0.39 is 52.7 Å². The van der Waals surface area contributed by atoms with E-state index in [1.807, 2.05) is 0 Å². The van der Waals surface area contributed by atoms with Crippen molar-refractivity contribution in [1.29, 1.82) is 0 Å². The van der Waals surface area contributed by atoms with Gasteiger partial charge in [0.25, 0.3) is 5.56 Å². The van der Waals surface area contributed by atoms with E-state index in [2.05, 4.69) is 18.1 Å². The molecule has 0 aromatic carbocycles. The maximum atomic E-state index is 12.1. The molecule has 4 atom stereocenters. The fourth-order valence-corrected chi connectivity index (χ4v) is 5.97. The lowest BCUT2D eigenvalue weighted by molar-refractivity contribution is -0.147. The molecule has 1 aliphatic heterocycles. The molecule has 1 aromatic rings. The third-order valence-electron chi connectivity index (χ3n) is 4.16. The summed E-state index contributed by atoms with van der Waals surface area (Å²) in [6.45, 7) is 3.83. The maximum Gasteiger partial charge on any atom is 0.490 e. The minimum absolute atomic E-state index is 0.198. The number of hydrogen-bond acceptors (Lipinski definition) is 9. The Labute approximate surface area is 169 Å². The first kappa shape index (κ1) is 25.3. The minimum atomic E-state index is -5.63. The molecule has 2 heterocycles. The zero-order chi connectivity index (χ0) is 23.2. The molecule has 30 heavy (non-hydrogen) atoms. The first-order valence-electron chi connectivity index (χ1n) is 8.17. The molecule has 0 spiro atoms. The number of hydrogen-bond donors (Lipinski definition) is 5. The quantitative estimate of drug-likeness (QED) is 0.310. The summed E-state index contributed by atoms with van der Waals surface area (Å²) < 4.78 is 52.8. The molecular weight excluding hydrogens is 473 g/mol. The number of phosphoric acid groups is 3. The minimum Gasteiger partial charge on any atom is -0.347 e. The molecule has 2 unspecified atom stereocenters. The summed E-state index contributed by atoms with van der Waals surface area (Å²) in [5, 5.41) is 0. The lowest BCUT2D eigenvalue weighted by Gasteiger charge is -2.31. The summed E-state index contributed by atoms with van der Waals surface area (Å²) in [4.78, 5) is 61.6. The van der Waals surface area contributed by atoms with Gasteiger partial charge >= 0.3 is 29.2 Å². The van der Waals surface area contributed by atoms with Crippen molar-refractivity contribution in [1.82, 2.24) is 9.55 Å². The third-order valence-corrected chi connectivity index (χ3v) is 7.95. The average Bonchev–Trinajstić information content (AvgIpc) is 2.83. The average molecular weight is 494 g/mol. The number of H-pyrrole nitrogens is 1. The molecule has 0 aliphatic carbocycles. The molecule has 0 amide bonds. The molecular formula is C12H21N2O13P3. The smallest absolute Gasteiger partial charge is 0.347 e. The van der Waals surface area contributed by atoms with Crippen LogP contribution in [0.25, 0.3) is 0 Å². The van der Waals surface area contributed by atoms with E-state index in [9.17, 15) is 28.2 Å². The van der Waals surface area contributed by atoms with Gasteiger partial charge in [0.2, 0.25) is 0 Å². The Hall–Kier alpha value is -0.950. The van der Waals surface area contributed by atoms with Crippen molar-refractivity contribution < 1.29 is 51.2 Å². The van der Waals surface area contributed by atoms with Crippen LogP contribution in [0.1, 0.15) is 32.3 Å². The van der Waals surface area contributed by atoms with Gasteiger partial charge in [0, 0.05) is 11.8 Å². The van der Waals surface area contributed by atoms with E-state index in [1.165, 1.54) is 20.0 Å². The second kappa shape index (κ2) is 8.19. The zero-order valence-corrected chi connectivity index (χ0v) is 18.6. The maximum absolute atomic E-state index is 12.1. The van der Waals surface area contributed by atoms with Crippen molar-refractivity contribution in [3.05, 3.63) is 32.6 Å². The van der Waals surface area contributed by atoms with Crippen LogP contribution >= 0.6 is 23.5 Å². The molecule has 0 radical (unpaired) electrons. The molecule has 1 aliphatic rings. The normalized spacial score (nSPS) is 28.8. The summed E-state index contributed by atoms with van der Waals surface area (Å²) >= 11 is 0. The third kappa shape index (κ3) is 6.52. The van der Waals surface area contributed by atoms with Crippen LogP contribution < -0.4 is 11.2 Å². The Kier molecular flexibility index (Phi) is 6.91. The van der Waals surface area contributed by atoms with Gasteiger partial charge in [-0.05, 0) is 33.6 Å². The molecule has 0 saturated carbocycles. The summed E-state index contributed by atoms with van der Waals surface area (Å²) in [6.07, 6.45) is 1.73. The first-order chi connectivity index (χ1) is 13.4.